The summed E-state index contributed by atoms with van der Waals surface area (Å²) in [4.78, 5) is 12.5. The van der Waals surface area contributed by atoms with E-state index in [1.54, 1.807) is 7.11 Å². The minimum atomic E-state index is 0.222. The van der Waals surface area contributed by atoms with Gasteiger partial charge in [0.05, 0.1) is 7.11 Å². The maximum atomic E-state index is 5.94. The molecule has 6 nitrogen and oxygen atoms in total. The maximum absolute atomic E-state index is 5.94. The molecule has 0 radical (unpaired) electrons. The molecule has 1 unspecified atom stereocenters. The molecule has 0 amide bonds. The minimum absolute atomic E-state index is 0.222. The van der Waals surface area contributed by atoms with Crippen LogP contribution in [0, 0.1) is 5.92 Å². The highest BCUT2D eigenvalue weighted by atomic mass is 16.5. The number of imidazole rings is 1. The van der Waals surface area contributed by atoms with Gasteiger partial charge in [-0.1, -0.05) is 13.8 Å². The normalized spacial score (nSPS) is 13.2. The van der Waals surface area contributed by atoms with Crippen LogP contribution in [-0.4, -0.2) is 26.6 Å². The molecule has 0 fully saturated rings. The van der Waals surface area contributed by atoms with E-state index in [0.717, 1.165) is 5.65 Å². The zero-order valence-electron chi connectivity index (χ0n) is 10.5. The van der Waals surface area contributed by atoms with Crippen LogP contribution in [0.15, 0.2) is 6.33 Å². The van der Waals surface area contributed by atoms with E-state index in [2.05, 4.69) is 35.7 Å². The summed E-state index contributed by atoms with van der Waals surface area (Å²) in [6, 6.07) is 0.222. The van der Waals surface area contributed by atoms with Crippen molar-refractivity contribution in [2.75, 3.05) is 12.8 Å². The highest BCUT2D eigenvalue weighted by molar-refractivity contribution is 5.79. The quantitative estimate of drug-likeness (QED) is 0.874. The van der Waals surface area contributed by atoms with Crippen LogP contribution >= 0.6 is 0 Å². The summed E-state index contributed by atoms with van der Waals surface area (Å²) in [5.41, 5.74) is 7.27. The Morgan fingerprint density at radius 3 is 2.59 bits per heavy atom. The van der Waals surface area contributed by atoms with Crippen LogP contribution in [0.5, 0.6) is 5.88 Å². The summed E-state index contributed by atoms with van der Waals surface area (Å²) >= 11 is 0. The van der Waals surface area contributed by atoms with Gasteiger partial charge in [-0.25, -0.2) is 9.97 Å². The van der Waals surface area contributed by atoms with Crippen LogP contribution in [-0.2, 0) is 0 Å². The summed E-state index contributed by atoms with van der Waals surface area (Å²) in [5.74, 6) is 1.34. The average Bonchev–Trinajstić information content (AvgIpc) is 2.63. The van der Waals surface area contributed by atoms with Crippen LogP contribution in [0.4, 0.5) is 5.95 Å². The molecule has 0 aliphatic carbocycles. The minimum Gasteiger partial charge on any atom is -0.479 e. The monoisotopic (exact) mass is 235 g/mol. The summed E-state index contributed by atoms with van der Waals surface area (Å²) < 4.78 is 7.07. The van der Waals surface area contributed by atoms with Gasteiger partial charge in [0.2, 0.25) is 11.8 Å². The van der Waals surface area contributed by atoms with E-state index in [-0.39, 0.29) is 6.04 Å². The number of hydrogen-bond acceptors (Lipinski definition) is 5. The SMILES string of the molecule is COc1ncnc2c1nc(N)n2C(C)C(C)C. The van der Waals surface area contributed by atoms with Gasteiger partial charge in [0.1, 0.15) is 6.33 Å². The fraction of sp³-hybridized carbons (Fsp3) is 0.545. The Bertz CT molecular complexity index is 534. The van der Waals surface area contributed by atoms with E-state index in [9.17, 15) is 0 Å². The Hall–Kier alpha value is -1.85. The van der Waals surface area contributed by atoms with Gasteiger partial charge >= 0.3 is 0 Å². The van der Waals surface area contributed by atoms with Gasteiger partial charge in [0, 0.05) is 6.04 Å². The lowest BCUT2D eigenvalue weighted by molar-refractivity contribution is 0.400. The number of nitrogen functional groups attached to an aromatic ring is 1. The van der Waals surface area contributed by atoms with Crippen molar-refractivity contribution < 1.29 is 4.74 Å². The van der Waals surface area contributed by atoms with Crippen LogP contribution in [0.2, 0.25) is 0 Å². The highest BCUT2D eigenvalue weighted by Gasteiger charge is 2.20. The lowest BCUT2D eigenvalue weighted by atomic mass is 10.1. The average molecular weight is 235 g/mol. The molecule has 2 aromatic rings. The summed E-state index contributed by atoms with van der Waals surface area (Å²) in [6.07, 6.45) is 1.46. The van der Waals surface area contributed by atoms with Crippen LogP contribution in [0.3, 0.4) is 0 Å². The Labute approximate surface area is 99.8 Å². The first kappa shape index (κ1) is 11.6. The topological polar surface area (TPSA) is 78.8 Å². The first-order chi connectivity index (χ1) is 8.06. The third-order valence-corrected chi connectivity index (χ3v) is 3.04. The third kappa shape index (κ3) is 1.79. The van der Waals surface area contributed by atoms with E-state index in [4.69, 9.17) is 10.5 Å². The molecule has 0 bridgehead atoms. The van der Waals surface area contributed by atoms with E-state index in [1.807, 2.05) is 4.57 Å². The Morgan fingerprint density at radius 2 is 2.00 bits per heavy atom. The molecule has 2 heterocycles. The van der Waals surface area contributed by atoms with Gasteiger partial charge in [-0.2, -0.15) is 4.98 Å². The van der Waals surface area contributed by atoms with Gasteiger partial charge < -0.3 is 10.5 Å². The molecule has 2 aromatic heterocycles. The number of nitrogens with two attached hydrogens (primary N) is 1. The molecule has 0 saturated carbocycles. The van der Waals surface area contributed by atoms with Crippen LogP contribution in [0.1, 0.15) is 26.8 Å². The second-order valence-electron chi connectivity index (χ2n) is 4.38. The Morgan fingerprint density at radius 1 is 1.29 bits per heavy atom. The smallest absolute Gasteiger partial charge is 0.245 e. The van der Waals surface area contributed by atoms with Crippen LogP contribution < -0.4 is 10.5 Å². The van der Waals surface area contributed by atoms with E-state index >= 15 is 0 Å². The Balaban J connectivity index is 2.68. The highest BCUT2D eigenvalue weighted by Crippen LogP contribution is 2.28. The summed E-state index contributed by atoms with van der Waals surface area (Å²) in [6.45, 7) is 6.36. The number of nitrogens with zero attached hydrogens (tertiary/aromatic N) is 4. The van der Waals surface area contributed by atoms with Crippen molar-refractivity contribution in [1.29, 1.82) is 0 Å². The van der Waals surface area contributed by atoms with Gasteiger partial charge in [-0.05, 0) is 12.8 Å². The number of fused-ring (bicyclic) bond motifs is 1. The molecule has 6 heteroatoms. The van der Waals surface area contributed by atoms with Crippen molar-refractivity contribution in [3.05, 3.63) is 6.33 Å². The maximum Gasteiger partial charge on any atom is 0.245 e. The van der Waals surface area contributed by atoms with Crippen molar-refractivity contribution >= 4 is 17.1 Å². The molecular formula is C11H17N5O. The lowest BCUT2D eigenvalue weighted by Gasteiger charge is -2.18. The van der Waals surface area contributed by atoms with E-state index in [0.29, 0.717) is 23.3 Å². The Kier molecular flexibility index (Phi) is 2.87. The second-order valence-corrected chi connectivity index (χ2v) is 4.38. The van der Waals surface area contributed by atoms with Crippen LogP contribution in [0.25, 0.3) is 11.2 Å². The van der Waals surface area contributed by atoms with Gasteiger partial charge in [0.25, 0.3) is 0 Å². The standard InChI is InChI=1S/C11H17N5O/c1-6(2)7(3)16-9-8(15-11(16)12)10(17-4)14-5-13-9/h5-7H,1-4H3,(H2,12,15). The molecule has 0 saturated heterocycles. The van der Waals surface area contributed by atoms with Crippen molar-refractivity contribution in [1.82, 2.24) is 19.5 Å². The summed E-state index contributed by atoms with van der Waals surface area (Å²) in [5, 5.41) is 0. The predicted molar refractivity (Wildman–Crippen MR) is 65.8 cm³/mol. The second kappa shape index (κ2) is 4.20. The lowest BCUT2D eigenvalue weighted by Crippen LogP contribution is -2.14. The number of anilines is 1. The molecule has 0 aliphatic heterocycles. The van der Waals surface area contributed by atoms with Crippen molar-refractivity contribution in [3.63, 3.8) is 0 Å². The number of rotatable bonds is 3. The first-order valence-corrected chi connectivity index (χ1v) is 5.58. The van der Waals surface area contributed by atoms with Gasteiger partial charge in [-0.15, -0.1) is 0 Å². The van der Waals surface area contributed by atoms with Crippen molar-refractivity contribution in [3.8, 4) is 5.88 Å². The fourth-order valence-corrected chi connectivity index (χ4v) is 1.75. The molecule has 0 aliphatic rings. The fourth-order valence-electron chi connectivity index (χ4n) is 1.75. The molecule has 2 N–H and O–H groups in total. The number of aromatic nitrogens is 4. The van der Waals surface area contributed by atoms with E-state index < -0.39 is 0 Å². The molecule has 0 spiro atoms. The predicted octanol–water partition coefficient (Wildman–Crippen LogP) is 1.63. The molecule has 2 rings (SSSR count). The largest absolute Gasteiger partial charge is 0.479 e. The number of methoxy groups -OCH3 is 1. The van der Waals surface area contributed by atoms with E-state index in [1.165, 1.54) is 6.33 Å². The molecule has 92 valence electrons. The van der Waals surface area contributed by atoms with Gasteiger partial charge in [-0.3, -0.25) is 4.57 Å². The number of ether oxygens (including phenoxy) is 1. The molecular weight excluding hydrogens is 218 g/mol. The molecule has 0 aromatic carbocycles. The molecule has 1 atom stereocenters. The zero-order valence-corrected chi connectivity index (χ0v) is 10.5. The van der Waals surface area contributed by atoms with Gasteiger partial charge in [0.15, 0.2) is 11.2 Å². The third-order valence-electron chi connectivity index (χ3n) is 3.04. The van der Waals surface area contributed by atoms with Crippen molar-refractivity contribution in [2.45, 2.75) is 26.8 Å². The first-order valence-electron chi connectivity index (χ1n) is 5.58. The zero-order chi connectivity index (χ0) is 12.6. The number of hydrogen-bond donors (Lipinski definition) is 1. The summed E-state index contributed by atoms with van der Waals surface area (Å²) in [7, 11) is 1.56. The van der Waals surface area contributed by atoms with Crippen molar-refractivity contribution in [2.24, 2.45) is 5.92 Å². The molecule has 17 heavy (non-hydrogen) atoms.